The number of carbonyl (C=O) groups excluding carboxylic acids is 2. The van der Waals surface area contributed by atoms with Crippen molar-refractivity contribution in [3.8, 4) is 11.5 Å². The average Bonchev–Trinajstić information content (AvgIpc) is 3.21. The number of hydrogen-bond donors (Lipinski definition) is 0. The Morgan fingerprint density at radius 3 is 1.33 bits per heavy atom. The standard InChI is InChI=1S/C49H76O8/c1-6-10-14-18-24-32-52-35-40(56-46(50)28-20-16-12-8-3)37-54-48-42-26-22-23-27-43(42)49(45-34-39(5)30-31-44(45)48)55-38-41(36-53-33-25-19-15-11-7-2)57-47(51)29-21-17-13-9-4/h22-23,26-27,30-31,34,40-41H,6-21,24-25,28-29,32-33,35-38H2,1-5H3. The molecule has 0 amide bonds. The number of rotatable bonds is 34. The van der Waals surface area contributed by atoms with Gasteiger partial charge < -0.3 is 28.4 Å². The van der Waals surface area contributed by atoms with Crippen molar-refractivity contribution in [2.45, 2.75) is 175 Å². The summed E-state index contributed by atoms with van der Waals surface area (Å²) in [5, 5.41) is 3.57. The van der Waals surface area contributed by atoms with Crippen LogP contribution in [0.1, 0.15) is 162 Å². The summed E-state index contributed by atoms with van der Waals surface area (Å²) >= 11 is 0. The SMILES string of the molecule is CCCCCCCOCC(COc1c2ccccc2c(OCC(COCCCCCCC)OC(=O)CCCCCC)c2cc(C)ccc12)OC(=O)CCCCCC. The molecule has 0 N–H and O–H groups in total. The van der Waals surface area contributed by atoms with E-state index in [0.717, 1.165) is 104 Å². The summed E-state index contributed by atoms with van der Waals surface area (Å²) in [7, 11) is 0. The van der Waals surface area contributed by atoms with Gasteiger partial charge in [-0.2, -0.15) is 0 Å². The molecule has 0 fully saturated rings. The van der Waals surface area contributed by atoms with Crippen LogP contribution in [-0.4, -0.2) is 63.8 Å². The number of aryl methyl sites for hydroxylation is 1. The summed E-state index contributed by atoms with van der Waals surface area (Å²) in [6.45, 7) is 13.0. The number of benzene rings is 3. The summed E-state index contributed by atoms with van der Waals surface area (Å²) in [5.74, 6) is 0.994. The molecule has 0 saturated heterocycles. The minimum Gasteiger partial charge on any atom is -0.488 e. The molecule has 3 rings (SSSR count). The third-order valence-corrected chi connectivity index (χ3v) is 10.4. The van der Waals surface area contributed by atoms with Gasteiger partial charge in [0, 0.05) is 47.6 Å². The number of unbranched alkanes of at least 4 members (excludes halogenated alkanes) is 14. The van der Waals surface area contributed by atoms with Gasteiger partial charge in [-0.25, -0.2) is 0 Å². The Balaban J connectivity index is 1.83. The zero-order valence-electron chi connectivity index (χ0n) is 36.3. The summed E-state index contributed by atoms with van der Waals surface area (Å²) in [4.78, 5) is 25.9. The first-order valence-corrected chi connectivity index (χ1v) is 22.7. The predicted molar refractivity (Wildman–Crippen MR) is 234 cm³/mol. The van der Waals surface area contributed by atoms with Gasteiger partial charge in [0.15, 0.2) is 12.2 Å². The van der Waals surface area contributed by atoms with Crippen molar-refractivity contribution in [1.29, 1.82) is 0 Å². The van der Waals surface area contributed by atoms with Crippen molar-refractivity contribution in [1.82, 2.24) is 0 Å². The number of carbonyl (C=O) groups is 2. The second-order valence-electron chi connectivity index (χ2n) is 15.7. The van der Waals surface area contributed by atoms with Crippen molar-refractivity contribution >= 4 is 33.5 Å². The first-order valence-electron chi connectivity index (χ1n) is 22.7. The van der Waals surface area contributed by atoms with Crippen LogP contribution >= 0.6 is 0 Å². The lowest BCUT2D eigenvalue weighted by Gasteiger charge is -2.23. The van der Waals surface area contributed by atoms with E-state index in [4.69, 9.17) is 28.4 Å². The normalized spacial score (nSPS) is 12.5. The third kappa shape index (κ3) is 18.8. The first kappa shape index (κ1) is 48.0. The van der Waals surface area contributed by atoms with Crippen LogP contribution in [0.15, 0.2) is 42.5 Å². The van der Waals surface area contributed by atoms with Crippen molar-refractivity contribution < 1.29 is 38.0 Å². The van der Waals surface area contributed by atoms with Gasteiger partial charge in [-0.3, -0.25) is 9.59 Å². The number of ether oxygens (including phenoxy) is 6. The Morgan fingerprint density at radius 1 is 0.474 bits per heavy atom. The minimum absolute atomic E-state index is 0.162. The van der Waals surface area contributed by atoms with Gasteiger partial charge in [0.05, 0.1) is 13.2 Å². The molecule has 0 bridgehead atoms. The molecule has 57 heavy (non-hydrogen) atoms. The van der Waals surface area contributed by atoms with Crippen LogP contribution in [0.5, 0.6) is 11.5 Å². The molecule has 0 heterocycles. The van der Waals surface area contributed by atoms with Crippen LogP contribution in [0.4, 0.5) is 0 Å². The highest BCUT2D eigenvalue weighted by Gasteiger charge is 2.22. The maximum Gasteiger partial charge on any atom is 0.306 e. The van der Waals surface area contributed by atoms with E-state index in [0.29, 0.717) is 37.6 Å². The molecule has 8 nitrogen and oxygen atoms in total. The number of hydrogen-bond acceptors (Lipinski definition) is 8. The first-order chi connectivity index (χ1) is 27.9. The van der Waals surface area contributed by atoms with Gasteiger partial charge in [-0.05, 0) is 38.7 Å². The molecule has 0 aromatic heterocycles. The fraction of sp³-hybridized carbons (Fsp3) is 0.673. The highest BCUT2D eigenvalue weighted by Crippen LogP contribution is 2.43. The molecule has 3 aromatic carbocycles. The molecule has 8 heteroatoms. The van der Waals surface area contributed by atoms with Gasteiger partial charge in [-0.1, -0.05) is 160 Å². The van der Waals surface area contributed by atoms with Crippen LogP contribution in [0.25, 0.3) is 21.5 Å². The topological polar surface area (TPSA) is 89.5 Å². The van der Waals surface area contributed by atoms with E-state index in [1.807, 2.05) is 24.3 Å². The molecule has 0 spiro atoms. The van der Waals surface area contributed by atoms with Crippen molar-refractivity contribution in [2.24, 2.45) is 0 Å². The highest BCUT2D eigenvalue weighted by molar-refractivity contribution is 6.11. The zero-order valence-corrected chi connectivity index (χ0v) is 36.3. The van der Waals surface area contributed by atoms with E-state index in [2.05, 4.69) is 52.8 Å². The molecule has 0 radical (unpaired) electrons. The van der Waals surface area contributed by atoms with E-state index in [1.54, 1.807) is 0 Å². The molecular weight excluding hydrogens is 717 g/mol. The molecule has 0 aliphatic rings. The van der Waals surface area contributed by atoms with E-state index in [-0.39, 0.29) is 38.4 Å². The smallest absolute Gasteiger partial charge is 0.306 e. The van der Waals surface area contributed by atoms with E-state index in [9.17, 15) is 9.59 Å². The molecule has 0 aliphatic heterocycles. The Bertz CT molecular complexity index is 1540. The van der Waals surface area contributed by atoms with E-state index in [1.165, 1.54) is 38.5 Å². The second-order valence-corrected chi connectivity index (χ2v) is 15.7. The van der Waals surface area contributed by atoms with E-state index >= 15 is 0 Å². The van der Waals surface area contributed by atoms with Gasteiger partial charge >= 0.3 is 11.9 Å². The maximum absolute atomic E-state index is 13.0. The predicted octanol–water partition coefficient (Wildman–Crippen LogP) is 12.8. The quantitative estimate of drug-likeness (QED) is 0.0335. The van der Waals surface area contributed by atoms with Crippen LogP contribution in [-0.2, 0) is 28.5 Å². The summed E-state index contributed by atoms with van der Waals surface area (Å²) < 4.78 is 37.5. The second kappa shape index (κ2) is 29.8. The van der Waals surface area contributed by atoms with Gasteiger partial charge in [0.2, 0.25) is 0 Å². The number of esters is 2. The number of fused-ring (bicyclic) bond motifs is 2. The fourth-order valence-corrected chi connectivity index (χ4v) is 7.04. The van der Waals surface area contributed by atoms with E-state index < -0.39 is 12.2 Å². The summed E-state index contributed by atoms with van der Waals surface area (Å²) in [6.07, 6.45) is 19.3. The Kier molecular flexibility index (Phi) is 25.1. The van der Waals surface area contributed by atoms with Crippen molar-refractivity contribution in [3.05, 3.63) is 48.0 Å². The summed E-state index contributed by atoms with van der Waals surface area (Å²) in [6, 6.07) is 14.3. The third-order valence-electron chi connectivity index (χ3n) is 10.4. The fourth-order valence-electron chi connectivity index (χ4n) is 7.04. The minimum atomic E-state index is -0.544. The Hall–Kier alpha value is -3.36. The van der Waals surface area contributed by atoms with Gasteiger partial charge in [0.25, 0.3) is 0 Å². The molecular formula is C49H76O8. The summed E-state index contributed by atoms with van der Waals surface area (Å²) in [5.41, 5.74) is 1.08. The molecule has 3 aromatic rings. The molecule has 2 atom stereocenters. The maximum atomic E-state index is 13.0. The molecule has 320 valence electrons. The van der Waals surface area contributed by atoms with Crippen LogP contribution in [0.2, 0.25) is 0 Å². The molecule has 0 aliphatic carbocycles. The van der Waals surface area contributed by atoms with Crippen LogP contribution < -0.4 is 9.47 Å². The van der Waals surface area contributed by atoms with Crippen molar-refractivity contribution in [2.75, 3.05) is 39.6 Å². The van der Waals surface area contributed by atoms with Crippen LogP contribution in [0, 0.1) is 6.92 Å². The van der Waals surface area contributed by atoms with Gasteiger partial charge in [0.1, 0.15) is 24.7 Å². The molecule has 2 unspecified atom stereocenters. The lowest BCUT2D eigenvalue weighted by molar-refractivity contribution is -0.155. The highest BCUT2D eigenvalue weighted by atomic mass is 16.6. The Labute approximate surface area is 345 Å². The lowest BCUT2D eigenvalue weighted by Crippen LogP contribution is -2.30. The average molecular weight is 793 g/mol. The van der Waals surface area contributed by atoms with Gasteiger partial charge in [-0.15, -0.1) is 0 Å². The Morgan fingerprint density at radius 2 is 0.877 bits per heavy atom. The molecule has 0 saturated carbocycles. The van der Waals surface area contributed by atoms with Crippen molar-refractivity contribution in [3.63, 3.8) is 0 Å². The van der Waals surface area contributed by atoms with Crippen LogP contribution in [0.3, 0.4) is 0 Å². The lowest BCUT2D eigenvalue weighted by atomic mass is 9.99. The monoisotopic (exact) mass is 793 g/mol. The largest absolute Gasteiger partial charge is 0.488 e. The zero-order chi connectivity index (χ0) is 40.9.